The summed E-state index contributed by atoms with van der Waals surface area (Å²) in [4.78, 5) is 2.45. The van der Waals surface area contributed by atoms with Crippen LogP contribution in [-0.2, 0) is 4.74 Å². The number of rotatable bonds is 4. The molecule has 1 saturated heterocycles. The second kappa shape index (κ2) is 6.21. The molecule has 3 heteroatoms. The van der Waals surface area contributed by atoms with Crippen molar-refractivity contribution < 1.29 is 4.74 Å². The molecule has 1 aromatic rings. The highest BCUT2D eigenvalue weighted by Gasteiger charge is 2.21. The normalized spacial score (nSPS) is 21.9. The van der Waals surface area contributed by atoms with Crippen molar-refractivity contribution in [2.24, 2.45) is 5.73 Å². The first-order valence-corrected chi connectivity index (χ1v) is 6.96. The van der Waals surface area contributed by atoms with E-state index < -0.39 is 0 Å². The molecule has 0 bridgehead atoms. The van der Waals surface area contributed by atoms with Crippen LogP contribution in [0.4, 0.5) is 5.69 Å². The standard InChI is InChI=1S/C15H24N2O/c1-3-13-11-18-10-9-17(13)14-7-5-12(6-8-14)15(16)4-2/h5-8,13,15H,3-4,9-11,16H2,1-2H3/t13?,15-/m0/s1. The van der Waals surface area contributed by atoms with Crippen molar-refractivity contribution in [1.29, 1.82) is 0 Å². The summed E-state index contributed by atoms with van der Waals surface area (Å²) < 4.78 is 5.54. The number of anilines is 1. The Bertz CT molecular complexity index is 363. The first kappa shape index (κ1) is 13.4. The fourth-order valence-electron chi connectivity index (χ4n) is 2.48. The zero-order valence-electron chi connectivity index (χ0n) is 11.4. The van der Waals surface area contributed by atoms with E-state index in [9.17, 15) is 0 Å². The first-order valence-electron chi connectivity index (χ1n) is 6.96. The fourth-order valence-corrected chi connectivity index (χ4v) is 2.48. The van der Waals surface area contributed by atoms with E-state index in [2.05, 4.69) is 43.0 Å². The molecule has 1 fully saturated rings. The zero-order valence-corrected chi connectivity index (χ0v) is 11.4. The quantitative estimate of drug-likeness (QED) is 0.890. The monoisotopic (exact) mass is 248 g/mol. The minimum atomic E-state index is 0.158. The van der Waals surface area contributed by atoms with Crippen molar-refractivity contribution in [2.45, 2.75) is 38.8 Å². The van der Waals surface area contributed by atoms with Gasteiger partial charge < -0.3 is 15.4 Å². The number of nitrogens with zero attached hydrogens (tertiary/aromatic N) is 1. The van der Waals surface area contributed by atoms with Crippen LogP contribution in [0.25, 0.3) is 0 Å². The van der Waals surface area contributed by atoms with Gasteiger partial charge >= 0.3 is 0 Å². The maximum atomic E-state index is 6.04. The molecule has 1 heterocycles. The molecule has 0 aliphatic carbocycles. The lowest BCUT2D eigenvalue weighted by Crippen LogP contribution is -2.45. The lowest BCUT2D eigenvalue weighted by Gasteiger charge is -2.37. The summed E-state index contributed by atoms with van der Waals surface area (Å²) in [5.74, 6) is 0. The Kier molecular flexibility index (Phi) is 4.61. The summed E-state index contributed by atoms with van der Waals surface area (Å²) in [5.41, 5.74) is 8.56. The van der Waals surface area contributed by atoms with Gasteiger partial charge in [0.1, 0.15) is 0 Å². The van der Waals surface area contributed by atoms with Crippen molar-refractivity contribution in [2.75, 3.05) is 24.7 Å². The third-order valence-electron chi connectivity index (χ3n) is 3.79. The van der Waals surface area contributed by atoms with E-state index in [0.29, 0.717) is 6.04 Å². The van der Waals surface area contributed by atoms with Crippen molar-refractivity contribution in [3.63, 3.8) is 0 Å². The number of nitrogens with two attached hydrogens (primary N) is 1. The summed E-state index contributed by atoms with van der Waals surface area (Å²) >= 11 is 0. The second-order valence-corrected chi connectivity index (χ2v) is 4.94. The van der Waals surface area contributed by atoms with E-state index in [1.807, 2.05) is 0 Å². The van der Waals surface area contributed by atoms with Crippen molar-refractivity contribution in [3.8, 4) is 0 Å². The smallest absolute Gasteiger partial charge is 0.0670 e. The van der Waals surface area contributed by atoms with Gasteiger partial charge in [0.05, 0.1) is 19.3 Å². The minimum Gasteiger partial charge on any atom is -0.377 e. The van der Waals surface area contributed by atoms with Gasteiger partial charge in [-0.3, -0.25) is 0 Å². The van der Waals surface area contributed by atoms with Crippen molar-refractivity contribution in [3.05, 3.63) is 29.8 Å². The molecule has 0 spiro atoms. The van der Waals surface area contributed by atoms with Crippen LogP contribution in [0.5, 0.6) is 0 Å². The van der Waals surface area contributed by atoms with Gasteiger partial charge in [-0.25, -0.2) is 0 Å². The SMILES string of the molecule is CCC1COCCN1c1ccc([C@@H](N)CC)cc1. The average Bonchev–Trinajstić information content (AvgIpc) is 2.46. The maximum absolute atomic E-state index is 6.04. The molecule has 0 radical (unpaired) electrons. The number of morpholine rings is 1. The lowest BCUT2D eigenvalue weighted by atomic mass is 10.0. The molecule has 3 nitrogen and oxygen atoms in total. The summed E-state index contributed by atoms with van der Waals surface area (Å²) in [7, 11) is 0. The van der Waals surface area contributed by atoms with Gasteiger partial charge in [0.25, 0.3) is 0 Å². The third-order valence-corrected chi connectivity index (χ3v) is 3.79. The molecule has 0 aromatic heterocycles. The van der Waals surface area contributed by atoms with Crippen molar-refractivity contribution in [1.82, 2.24) is 0 Å². The van der Waals surface area contributed by atoms with Crippen LogP contribution in [0, 0.1) is 0 Å². The molecule has 2 atom stereocenters. The number of hydrogen-bond donors (Lipinski definition) is 1. The highest BCUT2D eigenvalue weighted by Crippen LogP contribution is 2.23. The Labute approximate surface area is 110 Å². The molecule has 18 heavy (non-hydrogen) atoms. The summed E-state index contributed by atoms with van der Waals surface area (Å²) in [6.07, 6.45) is 2.10. The van der Waals surface area contributed by atoms with Crippen LogP contribution in [0.3, 0.4) is 0 Å². The van der Waals surface area contributed by atoms with Gasteiger partial charge in [-0.15, -0.1) is 0 Å². The van der Waals surface area contributed by atoms with Crippen LogP contribution in [-0.4, -0.2) is 25.8 Å². The van der Waals surface area contributed by atoms with Gasteiger partial charge in [0.15, 0.2) is 0 Å². The van der Waals surface area contributed by atoms with Crippen LogP contribution in [0.15, 0.2) is 24.3 Å². The Morgan fingerprint density at radius 1 is 1.33 bits per heavy atom. The third kappa shape index (κ3) is 2.85. The van der Waals surface area contributed by atoms with E-state index in [4.69, 9.17) is 10.5 Å². The average molecular weight is 248 g/mol. The zero-order chi connectivity index (χ0) is 13.0. The fraction of sp³-hybridized carbons (Fsp3) is 0.600. The minimum absolute atomic E-state index is 0.158. The van der Waals surface area contributed by atoms with Gasteiger partial charge in [-0.05, 0) is 30.5 Å². The topological polar surface area (TPSA) is 38.5 Å². The molecule has 0 amide bonds. The van der Waals surface area contributed by atoms with Crippen molar-refractivity contribution >= 4 is 5.69 Å². The molecule has 1 aromatic carbocycles. The number of ether oxygens (including phenoxy) is 1. The van der Waals surface area contributed by atoms with E-state index in [1.165, 1.54) is 11.3 Å². The molecule has 0 saturated carbocycles. The summed E-state index contributed by atoms with van der Waals surface area (Å²) in [5, 5.41) is 0. The highest BCUT2D eigenvalue weighted by molar-refractivity contribution is 5.49. The second-order valence-electron chi connectivity index (χ2n) is 4.94. The molecule has 2 rings (SSSR count). The van der Waals surface area contributed by atoms with E-state index in [-0.39, 0.29) is 6.04 Å². The van der Waals surface area contributed by atoms with E-state index in [0.717, 1.165) is 32.6 Å². The van der Waals surface area contributed by atoms with Gasteiger partial charge in [-0.1, -0.05) is 26.0 Å². The Morgan fingerprint density at radius 2 is 2.06 bits per heavy atom. The van der Waals surface area contributed by atoms with Crippen LogP contribution in [0.1, 0.15) is 38.3 Å². The van der Waals surface area contributed by atoms with E-state index in [1.54, 1.807) is 0 Å². The molecular weight excluding hydrogens is 224 g/mol. The Morgan fingerprint density at radius 3 is 2.67 bits per heavy atom. The number of hydrogen-bond acceptors (Lipinski definition) is 3. The molecule has 2 N–H and O–H groups in total. The predicted molar refractivity (Wildman–Crippen MR) is 75.9 cm³/mol. The largest absolute Gasteiger partial charge is 0.377 e. The summed E-state index contributed by atoms with van der Waals surface area (Å²) in [6, 6.07) is 9.37. The molecule has 1 aliphatic rings. The molecular formula is C15H24N2O. The Balaban J connectivity index is 2.12. The lowest BCUT2D eigenvalue weighted by molar-refractivity contribution is 0.0930. The summed E-state index contributed by atoms with van der Waals surface area (Å²) in [6.45, 7) is 6.98. The predicted octanol–water partition coefficient (Wildman–Crippen LogP) is 2.71. The molecule has 1 unspecified atom stereocenters. The molecule has 100 valence electrons. The van der Waals surface area contributed by atoms with Gasteiger partial charge in [0, 0.05) is 18.3 Å². The molecule has 1 aliphatic heterocycles. The van der Waals surface area contributed by atoms with Crippen LogP contribution >= 0.6 is 0 Å². The Hall–Kier alpha value is -1.06. The maximum Gasteiger partial charge on any atom is 0.0670 e. The van der Waals surface area contributed by atoms with Gasteiger partial charge in [0.2, 0.25) is 0 Å². The first-order chi connectivity index (χ1) is 8.76. The van der Waals surface area contributed by atoms with Crippen LogP contribution < -0.4 is 10.6 Å². The van der Waals surface area contributed by atoms with E-state index >= 15 is 0 Å². The number of benzene rings is 1. The van der Waals surface area contributed by atoms with Gasteiger partial charge in [-0.2, -0.15) is 0 Å². The highest BCUT2D eigenvalue weighted by atomic mass is 16.5. The van der Waals surface area contributed by atoms with Crippen LogP contribution in [0.2, 0.25) is 0 Å².